The Kier molecular flexibility index (Phi) is 18.8. The van der Waals surface area contributed by atoms with E-state index in [1.165, 1.54) is 27.9 Å². The summed E-state index contributed by atoms with van der Waals surface area (Å²) in [6, 6.07) is 10.8. The topological polar surface area (TPSA) is 239 Å². The molecule has 1 aromatic carbocycles. The van der Waals surface area contributed by atoms with Gasteiger partial charge < -0.3 is 73.7 Å². The molecule has 17 heteroatoms. The number of ketones is 1. The highest BCUT2D eigenvalue weighted by Gasteiger charge is 2.53. The third-order valence-corrected chi connectivity index (χ3v) is 14.7. The lowest BCUT2D eigenvalue weighted by Gasteiger charge is -2.49. The lowest BCUT2D eigenvalue weighted by molar-refractivity contribution is -0.326. The van der Waals surface area contributed by atoms with Crippen molar-refractivity contribution in [2.75, 3.05) is 27.7 Å². The van der Waals surface area contributed by atoms with Crippen LogP contribution in [0.5, 0.6) is 0 Å². The fraction of sp³-hybridized carbons (Fsp3) is 0.760. The molecule has 3 fully saturated rings. The zero-order valence-electron chi connectivity index (χ0n) is 41.5. The van der Waals surface area contributed by atoms with Crippen LogP contribution in [0, 0.1) is 23.7 Å². The van der Waals surface area contributed by atoms with Gasteiger partial charge in [-0.1, -0.05) is 45.9 Å². The summed E-state index contributed by atoms with van der Waals surface area (Å²) in [7, 11) is 5.18. The van der Waals surface area contributed by atoms with E-state index in [4.69, 9.17) is 32.8 Å². The second-order valence-corrected chi connectivity index (χ2v) is 20.6. The van der Waals surface area contributed by atoms with E-state index in [9.17, 15) is 40.2 Å². The minimum atomic E-state index is -2.11. The summed E-state index contributed by atoms with van der Waals surface area (Å²) < 4.78 is 43.6. The zero-order valence-corrected chi connectivity index (χ0v) is 41.5. The molecule has 3 aliphatic heterocycles. The molecule has 2 aromatic rings. The van der Waals surface area contributed by atoms with E-state index in [-0.39, 0.29) is 56.7 Å². The van der Waals surface area contributed by atoms with E-state index < -0.39 is 108 Å². The number of Topliss-reactive ketones (excluding diaryl/α,β-unsaturated/α-hetero) is 1. The maximum Gasteiger partial charge on any atom is 0.224 e. The minimum Gasteiger partial charge on any atom is -0.464 e. The molecule has 0 radical (unpaired) electrons. The molecule has 19 atom stereocenters. The monoisotopic (exact) mass is 949 g/mol. The number of benzene rings is 1. The number of carbonyl (C=O) groups excluding carboxylic acids is 2. The summed E-state index contributed by atoms with van der Waals surface area (Å²) >= 11 is 0. The van der Waals surface area contributed by atoms with Crippen LogP contribution in [0.4, 0.5) is 0 Å². The molecular weight excluding hydrogens is 869 g/mol. The quantitative estimate of drug-likeness (QED) is 0.142. The number of aliphatic hydroxyl groups excluding tert-OH is 4. The average Bonchev–Trinajstić information content (AvgIpc) is 3.82. The molecule has 1 aromatic heterocycles. The molecule has 1 amide bonds. The van der Waals surface area contributed by atoms with Gasteiger partial charge in [0.15, 0.2) is 18.9 Å². The van der Waals surface area contributed by atoms with Crippen LogP contribution >= 0.6 is 0 Å². The fourth-order valence-corrected chi connectivity index (χ4v) is 10.4. The second-order valence-electron chi connectivity index (χ2n) is 20.6. The number of methoxy groups -OCH3 is 1. The predicted molar refractivity (Wildman–Crippen MR) is 247 cm³/mol. The van der Waals surface area contributed by atoms with Crippen LogP contribution in [0.1, 0.15) is 100.0 Å². The number of aliphatic hydroxyl groups is 6. The van der Waals surface area contributed by atoms with Crippen molar-refractivity contribution >= 4 is 11.7 Å². The molecule has 380 valence electrons. The molecule has 3 saturated heterocycles. The summed E-state index contributed by atoms with van der Waals surface area (Å²) in [6.07, 6.45) is -10.0. The number of nitrogens with zero attached hydrogens (tertiary/aromatic N) is 1. The number of ether oxygens (including phenoxy) is 6. The van der Waals surface area contributed by atoms with E-state index in [0.717, 1.165) is 11.1 Å². The molecule has 0 saturated carbocycles. The van der Waals surface area contributed by atoms with Crippen molar-refractivity contribution in [1.29, 1.82) is 0 Å². The fourth-order valence-electron chi connectivity index (χ4n) is 10.4. The number of amides is 1. The Hall–Kier alpha value is -2.88. The van der Waals surface area contributed by atoms with Crippen molar-refractivity contribution in [3.63, 3.8) is 0 Å². The minimum absolute atomic E-state index is 0.0373. The zero-order chi connectivity index (χ0) is 49.8. The molecule has 0 aliphatic carbocycles. The highest BCUT2D eigenvalue weighted by Crippen LogP contribution is 2.41. The summed E-state index contributed by atoms with van der Waals surface area (Å²) in [4.78, 5) is 29.3. The van der Waals surface area contributed by atoms with Gasteiger partial charge in [0, 0.05) is 55.4 Å². The van der Waals surface area contributed by atoms with Gasteiger partial charge in [-0.2, -0.15) is 0 Å². The van der Waals surface area contributed by atoms with E-state index in [1.807, 2.05) is 56.3 Å². The van der Waals surface area contributed by atoms with E-state index >= 15 is 0 Å². The van der Waals surface area contributed by atoms with Crippen LogP contribution in [0.2, 0.25) is 0 Å². The summed E-state index contributed by atoms with van der Waals surface area (Å²) in [6.45, 7) is 14.9. The van der Waals surface area contributed by atoms with Crippen molar-refractivity contribution in [3.8, 4) is 11.3 Å². The van der Waals surface area contributed by atoms with Gasteiger partial charge in [-0.3, -0.25) is 9.59 Å². The lowest BCUT2D eigenvalue weighted by Crippen LogP contribution is -2.61. The van der Waals surface area contributed by atoms with Crippen molar-refractivity contribution in [3.05, 3.63) is 48.2 Å². The number of carbonyl (C=O) groups is 2. The Morgan fingerprint density at radius 3 is 2.24 bits per heavy atom. The number of nitrogens with one attached hydrogen (secondary N) is 1. The van der Waals surface area contributed by atoms with Crippen molar-refractivity contribution < 1.29 is 73.1 Å². The lowest BCUT2D eigenvalue weighted by atomic mass is 9.73. The van der Waals surface area contributed by atoms with Gasteiger partial charge in [0.25, 0.3) is 0 Å². The maximum absolute atomic E-state index is 14.3. The van der Waals surface area contributed by atoms with Crippen LogP contribution in [0.15, 0.2) is 47.1 Å². The average molecular weight is 949 g/mol. The van der Waals surface area contributed by atoms with Crippen LogP contribution in [-0.2, 0) is 44.4 Å². The third-order valence-electron chi connectivity index (χ3n) is 14.7. The highest BCUT2D eigenvalue weighted by molar-refractivity contribution is 5.83. The summed E-state index contributed by atoms with van der Waals surface area (Å²) in [5.41, 5.74) is -3.41. The Labute approximate surface area is 396 Å². The molecule has 12 unspecified atom stereocenters. The van der Waals surface area contributed by atoms with Crippen LogP contribution in [0.25, 0.3) is 11.3 Å². The largest absolute Gasteiger partial charge is 0.464 e. The van der Waals surface area contributed by atoms with Crippen LogP contribution in [0.3, 0.4) is 0 Å². The third kappa shape index (κ3) is 13.1. The molecule has 3 aliphatic rings. The molecule has 0 spiro atoms. The number of likely N-dealkylation sites (N-methyl/N-ethyl adjacent to an activating group) is 1. The van der Waals surface area contributed by atoms with E-state index in [0.29, 0.717) is 12.2 Å². The van der Waals surface area contributed by atoms with E-state index in [1.54, 1.807) is 46.9 Å². The Morgan fingerprint density at radius 1 is 0.896 bits per heavy atom. The van der Waals surface area contributed by atoms with Gasteiger partial charge in [-0.05, 0) is 98.2 Å². The predicted octanol–water partition coefficient (Wildman–Crippen LogP) is 3.57. The molecule has 4 heterocycles. The van der Waals surface area contributed by atoms with Crippen molar-refractivity contribution in [2.24, 2.45) is 23.7 Å². The van der Waals surface area contributed by atoms with Gasteiger partial charge in [-0.15, -0.1) is 0 Å². The van der Waals surface area contributed by atoms with Gasteiger partial charge in [0.1, 0.15) is 29.4 Å². The molecule has 0 bridgehead atoms. The highest BCUT2D eigenvalue weighted by atomic mass is 16.7. The number of rotatable bonds is 13. The first-order chi connectivity index (χ1) is 31.3. The second kappa shape index (κ2) is 22.9. The summed E-state index contributed by atoms with van der Waals surface area (Å²) in [5, 5.41) is 74.5. The summed E-state index contributed by atoms with van der Waals surface area (Å²) in [5.74, 6) is -3.89. The van der Waals surface area contributed by atoms with Crippen molar-refractivity contribution in [1.82, 2.24) is 10.2 Å². The first-order valence-corrected chi connectivity index (χ1v) is 23.9. The smallest absolute Gasteiger partial charge is 0.224 e. The van der Waals surface area contributed by atoms with Crippen molar-refractivity contribution in [2.45, 2.75) is 191 Å². The van der Waals surface area contributed by atoms with E-state index in [2.05, 4.69) is 5.32 Å². The Balaban J connectivity index is 1.47. The Morgan fingerprint density at radius 2 is 1.60 bits per heavy atom. The molecule has 67 heavy (non-hydrogen) atoms. The first kappa shape index (κ1) is 55.1. The van der Waals surface area contributed by atoms with Gasteiger partial charge in [0.05, 0.1) is 60.5 Å². The standard InChI is InChI=1S/C50H80N2O15/c1-27-25-48(7,59)45(67-47-41(55)35(52(10)11)22-28(2)63-47)30(4)42(66-39-26-49(8,61-12)44(57)32(6)64-39)31(5)46(58)65-37(50(9,60)43(56)29(3)40(27)54)19-14-20-51-38(53)24-33-16-13-17-34(23-33)36-18-15-21-62-36/h13,15-18,21,23,27-32,35,37,39,41-47,55-60H,14,19-20,22,24-26H2,1-12H3,(H,51,53)/t27-,28?,29?,30+,31-,32?,35?,37?,39?,41?,42?,43-,44?,45-,46?,47?,48-,49?,50-/m1/s1. The van der Waals surface area contributed by atoms with Gasteiger partial charge in [0.2, 0.25) is 5.91 Å². The molecule has 17 nitrogen and oxygen atoms in total. The SMILES string of the molecule is COC1(C)CC(OC2[C@@H](C)C(O)OC(CCCNC(=O)Cc3cccc(-c4ccco4)c3)[C@@](C)(O)[C@H](O)C(C)C(=O)[C@H](C)C[C@@](C)(O)[C@H](OC3OC(C)CC(N(C)C)C3O)[C@H]2C)OC(C)C1O. The molecular formula is C50H80N2O15. The molecule has 7 N–H and O–H groups in total. The van der Waals surface area contributed by atoms with Gasteiger partial charge >= 0.3 is 0 Å². The normalized spacial score (nSPS) is 41.7. The first-order valence-electron chi connectivity index (χ1n) is 23.9. The molecule has 5 rings (SSSR count). The van der Waals surface area contributed by atoms with Crippen LogP contribution < -0.4 is 5.32 Å². The van der Waals surface area contributed by atoms with Crippen LogP contribution in [-0.4, -0.2) is 166 Å². The number of hydrogen-bond donors (Lipinski definition) is 7. The number of hydrogen-bond acceptors (Lipinski definition) is 16. The maximum atomic E-state index is 14.3. The Bertz CT molecular complexity index is 1880. The number of furan rings is 1. The van der Waals surface area contributed by atoms with Gasteiger partial charge in [-0.25, -0.2) is 0 Å².